The maximum Gasteiger partial charge on any atom is 0.429 e. The molecule has 0 unspecified atom stereocenters. The molecule has 0 aromatic heterocycles. The van der Waals surface area contributed by atoms with Crippen molar-refractivity contribution in [2.45, 2.75) is 32.8 Å². The minimum Gasteiger partial charge on any atom is -0.480 e. The third-order valence-electron chi connectivity index (χ3n) is 2.32. The molecule has 112 valence electrons. The molecule has 0 aromatic carbocycles. The van der Waals surface area contributed by atoms with E-state index in [1.807, 2.05) is 0 Å². The summed E-state index contributed by atoms with van der Waals surface area (Å²) in [7, 11) is -3.62. The lowest BCUT2D eigenvalue weighted by Crippen LogP contribution is -2.50. The zero-order chi connectivity index (χ0) is 14.8. The van der Waals surface area contributed by atoms with E-state index in [9.17, 15) is 18.7 Å². The van der Waals surface area contributed by atoms with E-state index in [2.05, 4.69) is 0 Å². The van der Waals surface area contributed by atoms with Gasteiger partial charge in [-0.1, -0.05) is 0 Å². The number of hydrogen-bond donors (Lipinski definition) is 3. The molecule has 1 rings (SSSR count). The van der Waals surface area contributed by atoms with Crippen molar-refractivity contribution < 1.29 is 28.5 Å². The van der Waals surface area contributed by atoms with Gasteiger partial charge in [0.25, 0.3) is 0 Å². The summed E-state index contributed by atoms with van der Waals surface area (Å²) in [5.41, 5.74) is -0.762. The van der Waals surface area contributed by atoms with Gasteiger partial charge < -0.3 is 9.84 Å². The Morgan fingerprint density at radius 1 is 1.26 bits per heavy atom. The number of nitrogens with zero attached hydrogens (tertiary/aromatic N) is 2. The molecule has 0 atom stereocenters. The normalized spacial score (nSPS) is 21.8. The van der Waals surface area contributed by atoms with Gasteiger partial charge in [0, 0.05) is 13.1 Å². The molecule has 1 amide bonds. The van der Waals surface area contributed by atoms with E-state index < -0.39 is 35.2 Å². The average Bonchev–Trinajstić information content (AvgIpc) is 2.17. The predicted molar refractivity (Wildman–Crippen MR) is 69.6 cm³/mol. The van der Waals surface area contributed by atoms with Crippen molar-refractivity contribution in [3.63, 3.8) is 0 Å². The molecule has 8 nitrogen and oxygen atoms in total. The Kier molecular flexibility index (Phi) is 4.67. The molecule has 0 radical (unpaired) electrons. The second-order valence-electron chi connectivity index (χ2n) is 5.18. The number of carboxylic acids is 1. The Labute approximate surface area is 113 Å². The lowest BCUT2D eigenvalue weighted by Gasteiger charge is -2.51. The fourth-order valence-electron chi connectivity index (χ4n) is 1.60. The second-order valence-corrected chi connectivity index (χ2v) is 7.12. The van der Waals surface area contributed by atoms with Crippen LogP contribution in [0, 0.1) is 0 Å². The first-order valence-corrected chi connectivity index (χ1v) is 7.26. The highest BCUT2D eigenvalue weighted by Crippen LogP contribution is 2.50. The molecular weight excluding hydrogens is 276 g/mol. The van der Waals surface area contributed by atoms with Gasteiger partial charge in [0.1, 0.15) is 12.1 Å². The van der Waals surface area contributed by atoms with Crippen molar-refractivity contribution in [2.75, 3.05) is 19.6 Å². The number of carbonyl (C=O) groups excluding carboxylic acids is 1. The molecule has 0 aromatic rings. The van der Waals surface area contributed by atoms with E-state index >= 15 is 0 Å². The van der Waals surface area contributed by atoms with E-state index in [1.165, 1.54) is 0 Å². The van der Waals surface area contributed by atoms with Crippen molar-refractivity contribution in [2.24, 2.45) is 0 Å². The summed E-state index contributed by atoms with van der Waals surface area (Å²) in [5, 5.41) is 8.72. The Balaban J connectivity index is 2.83. The molecule has 0 aliphatic carbocycles. The number of aliphatic carboxylic acids is 1. The van der Waals surface area contributed by atoms with E-state index in [1.54, 1.807) is 20.8 Å². The molecule has 1 aliphatic heterocycles. The average molecular weight is 296 g/mol. The van der Waals surface area contributed by atoms with E-state index in [0.29, 0.717) is 6.42 Å². The third-order valence-corrected chi connectivity index (χ3v) is 4.25. The number of hydrogen-bond acceptors (Lipinski definition) is 6. The highest BCUT2D eigenvalue weighted by atomic mass is 32.3. The molecule has 1 aliphatic rings. The number of amides is 1. The van der Waals surface area contributed by atoms with Gasteiger partial charge in [0.2, 0.25) is 0 Å². The Morgan fingerprint density at radius 2 is 1.84 bits per heavy atom. The summed E-state index contributed by atoms with van der Waals surface area (Å²) in [6.45, 7) is 4.77. The van der Waals surface area contributed by atoms with Crippen LogP contribution in [-0.4, -0.2) is 60.1 Å². The molecule has 1 saturated heterocycles. The SMILES string of the molecule is CC(C)(C)OC(=O)N1CCCN(CC(=O)O)S1(O)O. The van der Waals surface area contributed by atoms with Crippen molar-refractivity contribution in [1.29, 1.82) is 0 Å². The molecular formula is C10H20N2O6S. The topological polar surface area (TPSA) is 111 Å². The zero-order valence-corrected chi connectivity index (χ0v) is 12.0. The molecule has 1 fully saturated rings. The van der Waals surface area contributed by atoms with Gasteiger partial charge in [-0.25, -0.2) is 4.79 Å². The Morgan fingerprint density at radius 3 is 2.32 bits per heavy atom. The van der Waals surface area contributed by atoms with Crippen LogP contribution >= 0.6 is 11.0 Å². The first-order chi connectivity index (χ1) is 8.54. The first-order valence-electron chi connectivity index (χ1n) is 5.80. The van der Waals surface area contributed by atoms with Gasteiger partial charge in [-0.3, -0.25) is 13.9 Å². The zero-order valence-electron chi connectivity index (χ0n) is 11.2. The summed E-state index contributed by atoms with van der Waals surface area (Å²) >= 11 is 0. The van der Waals surface area contributed by atoms with Crippen LogP contribution in [0.4, 0.5) is 4.79 Å². The molecule has 0 bridgehead atoms. The fourth-order valence-corrected chi connectivity index (χ4v) is 3.14. The highest BCUT2D eigenvalue weighted by molar-refractivity contribution is 8.20. The molecule has 9 heteroatoms. The summed E-state index contributed by atoms with van der Waals surface area (Å²) in [5.74, 6) is -1.19. The molecule has 0 saturated carbocycles. The third kappa shape index (κ3) is 4.23. The van der Waals surface area contributed by atoms with Gasteiger partial charge in [-0.2, -0.15) is 8.61 Å². The number of rotatable bonds is 2. The monoisotopic (exact) mass is 296 g/mol. The predicted octanol–water partition coefficient (Wildman–Crippen LogP) is 1.59. The van der Waals surface area contributed by atoms with Gasteiger partial charge in [-0.15, -0.1) is 0 Å². The van der Waals surface area contributed by atoms with Crippen LogP contribution in [-0.2, 0) is 9.53 Å². The van der Waals surface area contributed by atoms with Crippen LogP contribution in [0.25, 0.3) is 0 Å². The van der Waals surface area contributed by atoms with Crippen LogP contribution in [0.2, 0.25) is 0 Å². The van der Waals surface area contributed by atoms with Gasteiger partial charge in [-0.05, 0) is 38.2 Å². The molecule has 3 N–H and O–H groups in total. The smallest absolute Gasteiger partial charge is 0.429 e. The first kappa shape index (κ1) is 16.0. The lowest BCUT2D eigenvalue weighted by molar-refractivity contribution is -0.137. The summed E-state index contributed by atoms with van der Waals surface area (Å²) in [6, 6.07) is 0. The van der Waals surface area contributed by atoms with Crippen molar-refractivity contribution >= 4 is 23.0 Å². The molecule has 19 heavy (non-hydrogen) atoms. The van der Waals surface area contributed by atoms with Crippen LogP contribution in [0.1, 0.15) is 27.2 Å². The van der Waals surface area contributed by atoms with Crippen LogP contribution in [0.5, 0.6) is 0 Å². The fraction of sp³-hybridized carbons (Fsp3) is 0.800. The van der Waals surface area contributed by atoms with E-state index in [0.717, 1.165) is 8.61 Å². The molecule has 0 spiro atoms. The van der Waals surface area contributed by atoms with Crippen LogP contribution in [0.3, 0.4) is 0 Å². The minimum absolute atomic E-state index is 0.118. The van der Waals surface area contributed by atoms with Crippen molar-refractivity contribution in [1.82, 2.24) is 8.61 Å². The Bertz CT molecular complexity index is 368. The maximum absolute atomic E-state index is 11.9. The number of ether oxygens (including phenoxy) is 1. The standard InChI is InChI=1S/C10H20N2O6S/c1-10(2,3)18-9(15)12-6-4-5-11(7-8(13)14)19(12,16)17/h16-17H,4-7H2,1-3H3,(H,13,14). The minimum atomic E-state index is -3.62. The molecule has 1 heterocycles. The van der Waals surface area contributed by atoms with E-state index in [-0.39, 0.29) is 13.1 Å². The van der Waals surface area contributed by atoms with E-state index in [4.69, 9.17) is 9.84 Å². The number of carbonyl (C=O) groups is 2. The van der Waals surface area contributed by atoms with Crippen LogP contribution in [0.15, 0.2) is 0 Å². The summed E-state index contributed by atoms with van der Waals surface area (Å²) in [4.78, 5) is 22.6. The second kappa shape index (κ2) is 5.53. The highest BCUT2D eigenvalue weighted by Gasteiger charge is 2.40. The van der Waals surface area contributed by atoms with Gasteiger partial charge in [0.15, 0.2) is 0 Å². The summed E-state index contributed by atoms with van der Waals surface area (Å²) in [6.07, 6.45) is -0.412. The Hall–Kier alpha value is -1.03. The van der Waals surface area contributed by atoms with Crippen LogP contribution < -0.4 is 0 Å². The largest absolute Gasteiger partial charge is 0.480 e. The van der Waals surface area contributed by atoms with Gasteiger partial charge >= 0.3 is 12.1 Å². The number of carboxylic acid groups (broad SMARTS) is 1. The maximum atomic E-state index is 11.9. The lowest BCUT2D eigenvalue weighted by atomic mass is 10.2. The van der Waals surface area contributed by atoms with Crippen molar-refractivity contribution in [3.05, 3.63) is 0 Å². The van der Waals surface area contributed by atoms with Gasteiger partial charge in [0.05, 0.1) is 0 Å². The summed E-state index contributed by atoms with van der Waals surface area (Å²) < 4.78 is 26.9. The quantitative estimate of drug-likeness (QED) is 0.709. The van der Waals surface area contributed by atoms with Crippen molar-refractivity contribution in [3.8, 4) is 0 Å².